The molecular formula is C10H10BrNO3S. The van der Waals surface area contributed by atoms with Crippen LogP contribution in [-0.2, 0) is 0 Å². The van der Waals surface area contributed by atoms with E-state index in [4.69, 9.17) is 0 Å². The molecule has 1 aromatic rings. The van der Waals surface area contributed by atoms with Crippen LogP contribution in [0.5, 0.6) is 0 Å². The average molecular weight is 304 g/mol. The van der Waals surface area contributed by atoms with Crippen LogP contribution in [0, 0.1) is 10.1 Å². The summed E-state index contributed by atoms with van der Waals surface area (Å²) < 4.78 is 0.550. The molecule has 1 aromatic carbocycles. The smallest absolute Gasteiger partial charge is 0.271 e. The first-order valence-corrected chi connectivity index (χ1v) is 6.70. The summed E-state index contributed by atoms with van der Waals surface area (Å²) in [6.07, 6.45) is 2.31. The third-order valence-corrected chi connectivity index (χ3v) is 3.02. The number of non-ortho nitro benzene ring substituents is 1. The van der Waals surface area contributed by atoms with Gasteiger partial charge in [-0.15, -0.1) is 0 Å². The van der Waals surface area contributed by atoms with E-state index in [2.05, 4.69) is 15.9 Å². The van der Waals surface area contributed by atoms with Crippen LogP contribution in [0.4, 0.5) is 5.69 Å². The number of nitro groups is 1. The third kappa shape index (κ3) is 3.61. The van der Waals surface area contributed by atoms with Crippen LogP contribution in [0.1, 0.15) is 16.8 Å². The minimum absolute atomic E-state index is 0.0677. The Hall–Kier alpha value is -0.880. The number of thioether (sulfide) groups is 1. The Balaban J connectivity index is 2.95. The minimum Gasteiger partial charge on any atom is -0.294 e. The van der Waals surface area contributed by atoms with Gasteiger partial charge in [0.25, 0.3) is 5.69 Å². The van der Waals surface area contributed by atoms with Gasteiger partial charge in [0, 0.05) is 34.3 Å². The molecule has 86 valence electrons. The number of nitrogens with zero attached hydrogens (tertiary/aromatic N) is 1. The zero-order valence-corrected chi connectivity index (χ0v) is 11.0. The number of benzene rings is 1. The summed E-state index contributed by atoms with van der Waals surface area (Å²) in [5, 5.41) is 10.6. The van der Waals surface area contributed by atoms with Crippen LogP contribution in [-0.4, -0.2) is 22.7 Å². The Labute approximate surface area is 106 Å². The highest BCUT2D eigenvalue weighted by Crippen LogP contribution is 2.22. The molecule has 0 atom stereocenters. The predicted molar refractivity (Wildman–Crippen MR) is 68.1 cm³/mol. The van der Waals surface area contributed by atoms with Gasteiger partial charge in [-0.1, -0.05) is 15.9 Å². The van der Waals surface area contributed by atoms with Gasteiger partial charge < -0.3 is 0 Å². The zero-order valence-electron chi connectivity index (χ0n) is 8.60. The second-order valence-corrected chi connectivity index (χ2v) is 5.02. The van der Waals surface area contributed by atoms with E-state index < -0.39 is 4.92 Å². The maximum Gasteiger partial charge on any atom is 0.271 e. The second kappa shape index (κ2) is 6.00. The fraction of sp³-hybridized carbons (Fsp3) is 0.300. The zero-order chi connectivity index (χ0) is 12.1. The van der Waals surface area contributed by atoms with E-state index in [1.165, 1.54) is 12.1 Å². The van der Waals surface area contributed by atoms with Crippen molar-refractivity contribution < 1.29 is 9.72 Å². The lowest BCUT2D eigenvalue weighted by Gasteiger charge is -2.01. The number of carbonyl (C=O) groups is 1. The highest BCUT2D eigenvalue weighted by molar-refractivity contribution is 9.10. The van der Waals surface area contributed by atoms with Gasteiger partial charge in [-0.25, -0.2) is 0 Å². The highest BCUT2D eigenvalue weighted by atomic mass is 79.9. The first-order chi connectivity index (χ1) is 7.54. The lowest BCUT2D eigenvalue weighted by atomic mass is 10.1. The molecule has 0 saturated carbocycles. The van der Waals surface area contributed by atoms with E-state index in [1.54, 1.807) is 17.8 Å². The number of carbonyl (C=O) groups excluding carboxylic acids is 1. The molecule has 0 saturated heterocycles. The molecule has 16 heavy (non-hydrogen) atoms. The predicted octanol–water partition coefficient (Wildman–Crippen LogP) is 3.29. The fourth-order valence-corrected chi connectivity index (χ4v) is 2.05. The number of hydrogen-bond donors (Lipinski definition) is 0. The van der Waals surface area contributed by atoms with Crippen molar-refractivity contribution >= 4 is 39.2 Å². The average Bonchev–Trinajstić information content (AvgIpc) is 2.24. The van der Waals surface area contributed by atoms with Crippen molar-refractivity contribution in [1.82, 2.24) is 0 Å². The van der Waals surface area contributed by atoms with Gasteiger partial charge in [0.1, 0.15) is 0 Å². The summed E-state index contributed by atoms with van der Waals surface area (Å²) >= 11 is 4.73. The molecule has 0 radical (unpaired) electrons. The third-order valence-electron chi connectivity index (χ3n) is 1.95. The van der Waals surface area contributed by atoms with E-state index in [0.717, 1.165) is 5.75 Å². The van der Waals surface area contributed by atoms with Gasteiger partial charge in [0.2, 0.25) is 0 Å². The van der Waals surface area contributed by atoms with E-state index in [0.29, 0.717) is 16.5 Å². The standard InChI is InChI=1S/C10H10BrNO3S/c1-16-3-2-10(13)7-4-8(11)6-9(5-7)12(14)15/h4-6H,2-3H2,1H3. The summed E-state index contributed by atoms with van der Waals surface area (Å²) in [5.74, 6) is 0.651. The Bertz CT molecular complexity index is 423. The second-order valence-electron chi connectivity index (χ2n) is 3.12. The Morgan fingerprint density at radius 2 is 2.19 bits per heavy atom. The maximum atomic E-state index is 11.7. The van der Waals surface area contributed by atoms with Gasteiger partial charge in [-0.2, -0.15) is 11.8 Å². The number of hydrogen-bond acceptors (Lipinski definition) is 4. The first kappa shape index (κ1) is 13.2. The van der Waals surface area contributed by atoms with Crippen molar-refractivity contribution in [2.24, 2.45) is 0 Å². The number of ketones is 1. The molecule has 0 heterocycles. The van der Waals surface area contributed by atoms with Crippen LogP contribution < -0.4 is 0 Å². The molecule has 0 unspecified atom stereocenters. The molecule has 0 spiro atoms. The van der Waals surface area contributed by atoms with Crippen LogP contribution in [0.15, 0.2) is 22.7 Å². The Morgan fingerprint density at radius 3 is 2.75 bits per heavy atom. The van der Waals surface area contributed by atoms with E-state index >= 15 is 0 Å². The van der Waals surface area contributed by atoms with E-state index in [9.17, 15) is 14.9 Å². The minimum atomic E-state index is -0.504. The van der Waals surface area contributed by atoms with Crippen LogP contribution in [0.2, 0.25) is 0 Å². The molecule has 0 aliphatic rings. The molecule has 0 aliphatic carbocycles. The van der Waals surface area contributed by atoms with Gasteiger partial charge >= 0.3 is 0 Å². The van der Waals surface area contributed by atoms with E-state index in [1.807, 2.05) is 6.26 Å². The number of nitro benzene ring substituents is 1. The van der Waals surface area contributed by atoms with Gasteiger partial charge in [-0.05, 0) is 12.3 Å². The summed E-state index contributed by atoms with van der Waals surface area (Å²) in [6, 6.07) is 4.30. The highest BCUT2D eigenvalue weighted by Gasteiger charge is 2.13. The molecule has 0 aliphatic heterocycles. The van der Waals surface area contributed by atoms with Crippen molar-refractivity contribution in [2.45, 2.75) is 6.42 Å². The van der Waals surface area contributed by atoms with Crippen molar-refractivity contribution in [2.75, 3.05) is 12.0 Å². The number of Topliss-reactive ketones (excluding diaryl/α,β-unsaturated/α-hetero) is 1. The monoisotopic (exact) mass is 303 g/mol. The lowest BCUT2D eigenvalue weighted by Crippen LogP contribution is -2.01. The lowest BCUT2D eigenvalue weighted by molar-refractivity contribution is -0.384. The molecular weight excluding hydrogens is 294 g/mol. The Kier molecular flexibility index (Phi) is 4.95. The topological polar surface area (TPSA) is 60.2 Å². The van der Waals surface area contributed by atoms with E-state index in [-0.39, 0.29) is 11.5 Å². The Morgan fingerprint density at radius 1 is 1.50 bits per heavy atom. The summed E-state index contributed by atoms with van der Waals surface area (Å²) in [5.41, 5.74) is 0.317. The molecule has 1 rings (SSSR count). The maximum absolute atomic E-state index is 11.7. The number of halogens is 1. The molecule has 0 bridgehead atoms. The quantitative estimate of drug-likeness (QED) is 0.476. The largest absolute Gasteiger partial charge is 0.294 e. The molecule has 0 N–H and O–H groups in total. The fourth-order valence-electron chi connectivity index (χ4n) is 1.18. The summed E-state index contributed by atoms with van der Waals surface area (Å²) in [7, 11) is 0. The molecule has 0 fully saturated rings. The molecule has 0 amide bonds. The summed E-state index contributed by atoms with van der Waals surface area (Å²) in [6.45, 7) is 0. The normalized spacial score (nSPS) is 10.1. The van der Waals surface area contributed by atoms with Crippen LogP contribution >= 0.6 is 27.7 Å². The van der Waals surface area contributed by atoms with Crippen LogP contribution in [0.25, 0.3) is 0 Å². The van der Waals surface area contributed by atoms with Gasteiger partial charge in [-0.3, -0.25) is 14.9 Å². The van der Waals surface area contributed by atoms with Gasteiger partial charge in [0.15, 0.2) is 5.78 Å². The van der Waals surface area contributed by atoms with Crippen molar-refractivity contribution in [3.63, 3.8) is 0 Å². The van der Waals surface area contributed by atoms with Crippen molar-refractivity contribution in [3.05, 3.63) is 38.3 Å². The van der Waals surface area contributed by atoms with Crippen LogP contribution in [0.3, 0.4) is 0 Å². The molecule has 0 aromatic heterocycles. The number of rotatable bonds is 5. The molecule has 6 heteroatoms. The van der Waals surface area contributed by atoms with Gasteiger partial charge in [0.05, 0.1) is 4.92 Å². The SMILES string of the molecule is CSCCC(=O)c1cc(Br)cc([N+](=O)[O-])c1. The van der Waals surface area contributed by atoms with Crippen molar-refractivity contribution in [1.29, 1.82) is 0 Å². The van der Waals surface area contributed by atoms with Crippen molar-refractivity contribution in [3.8, 4) is 0 Å². The summed E-state index contributed by atoms with van der Waals surface area (Å²) in [4.78, 5) is 21.8. The first-order valence-electron chi connectivity index (χ1n) is 4.51. The molecule has 4 nitrogen and oxygen atoms in total.